The molecule has 7 nitrogen and oxygen atoms in total. The first-order valence-electron chi connectivity index (χ1n) is 7.35. The fourth-order valence-corrected chi connectivity index (χ4v) is 1.99. The average molecular weight is 307 g/mol. The molecule has 2 aromatic heterocycles. The predicted octanol–water partition coefficient (Wildman–Crippen LogP) is 1.96. The molecule has 0 unspecified atom stereocenters. The largest absolute Gasteiger partial charge is 0.469 e. The molecule has 0 aliphatic heterocycles. The van der Waals surface area contributed by atoms with E-state index in [2.05, 4.69) is 10.4 Å². The third-order valence-corrected chi connectivity index (χ3v) is 3.45. The predicted molar refractivity (Wildman–Crippen MR) is 80.3 cm³/mol. The molecule has 0 bridgehead atoms. The van der Waals surface area contributed by atoms with Gasteiger partial charge in [0.1, 0.15) is 5.76 Å². The van der Waals surface area contributed by atoms with Crippen molar-refractivity contribution >= 4 is 5.91 Å². The second-order valence-electron chi connectivity index (χ2n) is 5.51. The third-order valence-electron chi connectivity index (χ3n) is 3.45. The lowest BCUT2D eigenvalue weighted by Crippen LogP contribution is -2.41. The maximum atomic E-state index is 11.9. The molecule has 7 heteroatoms. The van der Waals surface area contributed by atoms with E-state index >= 15 is 0 Å². The Morgan fingerprint density at radius 3 is 2.73 bits per heavy atom. The van der Waals surface area contributed by atoms with Gasteiger partial charge >= 0.3 is 5.76 Å². The lowest BCUT2D eigenvalue weighted by atomic mass is 10.1. The van der Waals surface area contributed by atoms with Crippen molar-refractivity contribution in [2.24, 2.45) is 5.92 Å². The summed E-state index contributed by atoms with van der Waals surface area (Å²) in [5, 5.41) is 7.08. The highest BCUT2D eigenvalue weighted by Gasteiger charge is 2.18. The lowest BCUT2D eigenvalue weighted by Gasteiger charge is -2.17. The van der Waals surface area contributed by atoms with Gasteiger partial charge in [0.15, 0.2) is 0 Å². The molecule has 1 amide bonds. The summed E-state index contributed by atoms with van der Waals surface area (Å²) >= 11 is 0. The first kappa shape index (κ1) is 16.1. The number of rotatable bonds is 6. The zero-order chi connectivity index (χ0) is 16.3. The molecule has 22 heavy (non-hydrogen) atoms. The molecule has 2 heterocycles. The van der Waals surface area contributed by atoms with E-state index < -0.39 is 5.76 Å². The highest BCUT2D eigenvalue weighted by Crippen LogP contribution is 2.20. The van der Waals surface area contributed by atoms with Crippen LogP contribution in [0.25, 0.3) is 11.5 Å². The molecule has 2 rings (SSSR count). The molecule has 0 radical (unpaired) electrons. The normalized spacial score (nSPS) is 12.6. The fraction of sp³-hybridized carbons (Fsp3) is 0.533. The molecule has 0 spiro atoms. The van der Waals surface area contributed by atoms with Crippen molar-refractivity contribution in [2.45, 2.75) is 46.7 Å². The van der Waals surface area contributed by atoms with E-state index in [9.17, 15) is 9.59 Å². The minimum Gasteiger partial charge on any atom is -0.469 e. The zero-order valence-electron chi connectivity index (χ0n) is 13.3. The number of hydrogen-bond acceptors (Lipinski definition) is 5. The van der Waals surface area contributed by atoms with Gasteiger partial charge < -0.3 is 14.2 Å². The number of carbonyl (C=O) groups is 1. The molecule has 0 fully saturated rings. The van der Waals surface area contributed by atoms with Gasteiger partial charge in [-0.2, -0.15) is 4.68 Å². The Morgan fingerprint density at radius 2 is 2.18 bits per heavy atom. The maximum absolute atomic E-state index is 11.9. The van der Waals surface area contributed by atoms with Crippen molar-refractivity contribution in [3.63, 3.8) is 0 Å². The first-order valence-corrected chi connectivity index (χ1v) is 7.35. The molecule has 120 valence electrons. The van der Waals surface area contributed by atoms with Gasteiger partial charge in [-0.15, -0.1) is 5.10 Å². The van der Waals surface area contributed by atoms with Gasteiger partial charge in [0, 0.05) is 12.0 Å². The van der Waals surface area contributed by atoms with Gasteiger partial charge in [-0.3, -0.25) is 4.79 Å². The number of furan rings is 1. The van der Waals surface area contributed by atoms with Crippen LogP contribution in [0.2, 0.25) is 0 Å². The second-order valence-corrected chi connectivity index (χ2v) is 5.51. The van der Waals surface area contributed by atoms with Crippen LogP contribution >= 0.6 is 0 Å². The Morgan fingerprint density at radius 1 is 1.45 bits per heavy atom. The Labute approximate surface area is 128 Å². The number of aryl methyl sites for hydroxylation is 1. The Kier molecular flexibility index (Phi) is 4.85. The summed E-state index contributed by atoms with van der Waals surface area (Å²) in [6.45, 7) is 7.63. The van der Waals surface area contributed by atoms with E-state index in [1.165, 1.54) is 10.9 Å². The van der Waals surface area contributed by atoms with Crippen molar-refractivity contribution in [3.8, 4) is 11.5 Å². The third kappa shape index (κ3) is 3.47. The number of amides is 1. The average Bonchev–Trinajstić information content (AvgIpc) is 3.04. The number of hydrogen-bond donors (Lipinski definition) is 1. The van der Waals surface area contributed by atoms with Crippen molar-refractivity contribution in [1.29, 1.82) is 0 Å². The molecular weight excluding hydrogens is 286 g/mol. The number of aromatic nitrogens is 2. The van der Waals surface area contributed by atoms with Crippen molar-refractivity contribution in [3.05, 3.63) is 28.6 Å². The number of nitrogens with zero attached hydrogens (tertiary/aromatic N) is 2. The molecule has 0 saturated carbocycles. The summed E-state index contributed by atoms with van der Waals surface area (Å²) < 4.78 is 11.6. The van der Waals surface area contributed by atoms with Gasteiger partial charge in [0.25, 0.3) is 5.89 Å². The van der Waals surface area contributed by atoms with Crippen LogP contribution in [0, 0.1) is 12.8 Å². The zero-order valence-corrected chi connectivity index (χ0v) is 13.3. The van der Waals surface area contributed by atoms with Crippen LogP contribution in [-0.4, -0.2) is 21.7 Å². The summed E-state index contributed by atoms with van der Waals surface area (Å²) in [6, 6.07) is 1.53. The summed E-state index contributed by atoms with van der Waals surface area (Å²) in [7, 11) is 0. The molecule has 1 atom stereocenters. The van der Waals surface area contributed by atoms with Gasteiger partial charge in [-0.25, -0.2) is 4.79 Å². The van der Waals surface area contributed by atoms with Gasteiger partial charge in [-0.1, -0.05) is 20.8 Å². The van der Waals surface area contributed by atoms with Gasteiger partial charge in [-0.05, 0) is 19.4 Å². The molecule has 1 N–H and O–H groups in total. The van der Waals surface area contributed by atoms with E-state index in [-0.39, 0.29) is 30.3 Å². The van der Waals surface area contributed by atoms with E-state index in [1.807, 2.05) is 20.8 Å². The maximum Gasteiger partial charge on any atom is 0.437 e. The van der Waals surface area contributed by atoms with E-state index in [4.69, 9.17) is 8.83 Å². The highest BCUT2D eigenvalue weighted by molar-refractivity contribution is 5.78. The summed E-state index contributed by atoms with van der Waals surface area (Å²) in [5.74, 6) is 0.157. The lowest BCUT2D eigenvalue weighted by molar-refractivity contribution is -0.124. The summed E-state index contributed by atoms with van der Waals surface area (Å²) in [6.07, 6.45) is 2.21. The summed E-state index contributed by atoms with van der Waals surface area (Å²) in [4.78, 5) is 23.7. The number of carbonyl (C=O) groups excluding carboxylic acids is 1. The molecule has 0 aromatic carbocycles. The van der Waals surface area contributed by atoms with Crippen LogP contribution in [0.4, 0.5) is 0 Å². The topological polar surface area (TPSA) is 90.3 Å². The van der Waals surface area contributed by atoms with Crippen molar-refractivity contribution < 1.29 is 13.6 Å². The van der Waals surface area contributed by atoms with Crippen LogP contribution in [0.1, 0.15) is 33.0 Å². The van der Waals surface area contributed by atoms with Crippen LogP contribution in [0.3, 0.4) is 0 Å². The minimum absolute atomic E-state index is 0.0469. The Balaban J connectivity index is 2.16. The Hall–Kier alpha value is -2.31. The SMILES string of the molecule is CC[C@H](Cn1nc(-c2ccoc2C)oc1=O)NC(=O)C(C)C. The van der Waals surface area contributed by atoms with Crippen LogP contribution in [-0.2, 0) is 11.3 Å². The summed E-state index contributed by atoms with van der Waals surface area (Å²) in [5.41, 5.74) is 0.648. The smallest absolute Gasteiger partial charge is 0.437 e. The molecule has 0 saturated heterocycles. The van der Waals surface area contributed by atoms with E-state index in [1.54, 1.807) is 13.0 Å². The molecule has 0 aliphatic rings. The van der Waals surface area contributed by atoms with Crippen molar-refractivity contribution in [2.75, 3.05) is 0 Å². The van der Waals surface area contributed by atoms with Gasteiger partial charge in [0.05, 0.1) is 18.4 Å². The second kappa shape index (κ2) is 6.64. The van der Waals surface area contributed by atoms with E-state index in [0.29, 0.717) is 17.7 Å². The van der Waals surface area contributed by atoms with Crippen LogP contribution < -0.4 is 11.1 Å². The van der Waals surface area contributed by atoms with Crippen LogP contribution in [0.5, 0.6) is 0 Å². The van der Waals surface area contributed by atoms with Crippen molar-refractivity contribution in [1.82, 2.24) is 15.1 Å². The fourth-order valence-electron chi connectivity index (χ4n) is 1.99. The van der Waals surface area contributed by atoms with E-state index in [0.717, 1.165) is 0 Å². The van der Waals surface area contributed by atoms with Crippen LogP contribution in [0.15, 0.2) is 26.0 Å². The molecular formula is C15H21N3O4. The Bertz CT molecular complexity index is 696. The highest BCUT2D eigenvalue weighted by atomic mass is 16.4. The van der Waals surface area contributed by atoms with Gasteiger partial charge in [0.2, 0.25) is 5.91 Å². The molecule has 2 aromatic rings. The monoisotopic (exact) mass is 307 g/mol. The minimum atomic E-state index is -0.548. The first-order chi connectivity index (χ1) is 10.4. The quantitative estimate of drug-likeness (QED) is 0.881. The number of nitrogens with one attached hydrogen (secondary N) is 1. The molecule has 0 aliphatic carbocycles. The standard InChI is InChI=1S/C15H21N3O4/c1-5-11(16-13(19)9(2)3)8-18-15(20)22-14(17-18)12-6-7-21-10(12)4/h6-7,9,11H,5,8H2,1-4H3,(H,16,19)/t11-/m1/s1.